The Labute approximate surface area is 183 Å². The Morgan fingerprint density at radius 2 is 1.50 bits per heavy atom. The number of carbonyl (C=O) groups is 3. The second-order valence-electron chi connectivity index (χ2n) is 7.50. The monoisotopic (exact) mass is 447 g/mol. The maximum atomic E-state index is 12.7. The highest BCUT2D eigenvalue weighted by atomic mass is 16.5. The minimum atomic E-state index is -1.59. The average molecular weight is 447 g/mol. The van der Waals surface area contributed by atoms with Crippen molar-refractivity contribution in [3.63, 3.8) is 0 Å². The fourth-order valence-corrected chi connectivity index (χ4v) is 3.22. The molecule has 0 fully saturated rings. The number of aliphatic hydroxyl groups excluding tert-OH is 1. The van der Waals surface area contributed by atoms with Crippen LogP contribution < -0.4 is 10.1 Å². The number of phenolic OH excluding ortho intramolecular Hbond substituents is 3. The number of benzene rings is 2. The van der Waals surface area contributed by atoms with Crippen molar-refractivity contribution < 1.29 is 44.7 Å². The van der Waals surface area contributed by atoms with Gasteiger partial charge < -0.3 is 35.6 Å². The maximum absolute atomic E-state index is 12.7. The van der Waals surface area contributed by atoms with Gasteiger partial charge in [0, 0.05) is 11.6 Å². The minimum Gasteiger partial charge on any atom is -0.507 e. The molecule has 2 aromatic rings. The summed E-state index contributed by atoms with van der Waals surface area (Å²) in [6.07, 6.45) is -1.38. The van der Waals surface area contributed by atoms with Crippen molar-refractivity contribution in [1.82, 2.24) is 5.32 Å². The molecule has 2 aromatic carbocycles. The number of carboxylic acids is 1. The largest absolute Gasteiger partial charge is 0.507 e. The Morgan fingerprint density at radius 1 is 0.906 bits per heavy atom. The van der Waals surface area contributed by atoms with Crippen LogP contribution in [0, 0.1) is 27.7 Å². The van der Waals surface area contributed by atoms with Gasteiger partial charge in [0.2, 0.25) is 0 Å². The molecular formula is C22H25NO9. The number of rotatable bonds is 6. The summed E-state index contributed by atoms with van der Waals surface area (Å²) in [6.45, 7) is 7.17. The van der Waals surface area contributed by atoms with E-state index in [1.54, 1.807) is 6.92 Å². The number of esters is 1. The first-order valence-corrected chi connectivity index (χ1v) is 9.57. The molecule has 2 unspecified atom stereocenters. The van der Waals surface area contributed by atoms with Crippen LogP contribution in [0.25, 0.3) is 0 Å². The highest BCUT2D eigenvalue weighted by molar-refractivity contribution is 6.01. The van der Waals surface area contributed by atoms with Gasteiger partial charge in [0.05, 0.1) is 11.7 Å². The van der Waals surface area contributed by atoms with Gasteiger partial charge in [-0.05, 0) is 57.4 Å². The molecule has 0 saturated carbocycles. The Bertz CT molecular complexity index is 1050. The second-order valence-corrected chi connectivity index (χ2v) is 7.50. The molecule has 0 radical (unpaired) electrons. The molecule has 0 saturated heterocycles. The quantitative estimate of drug-likeness (QED) is 0.285. The number of hydrogen-bond donors (Lipinski definition) is 6. The van der Waals surface area contributed by atoms with Crippen LogP contribution in [0.5, 0.6) is 23.0 Å². The number of phenols is 3. The van der Waals surface area contributed by atoms with Gasteiger partial charge in [-0.15, -0.1) is 0 Å². The lowest BCUT2D eigenvalue weighted by Crippen LogP contribution is -2.47. The van der Waals surface area contributed by atoms with E-state index >= 15 is 0 Å². The van der Waals surface area contributed by atoms with Gasteiger partial charge >= 0.3 is 11.9 Å². The van der Waals surface area contributed by atoms with Crippen molar-refractivity contribution in [2.75, 3.05) is 0 Å². The van der Waals surface area contributed by atoms with E-state index in [0.29, 0.717) is 11.1 Å². The molecule has 2 atom stereocenters. The summed E-state index contributed by atoms with van der Waals surface area (Å²) in [6, 6.07) is 0.674. The van der Waals surface area contributed by atoms with Crippen LogP contribution in [0.1, 0.15) is 49.9 Å². The molecule has 0 aromatic heterocycles. The summed E-state index contributed by atoms with van der Waals surface area (Å²) in [5, 5.41) is 51.4. The number of aromatic hydroxyl groups is 3. The first-order chi connectivity index (χ1) is 14.8. The van der Waals surface area contributed by atoms with E-state index in [1.807, 2.05) is 0 Å². The lowest BCUT2D eigenvalue weighted by Gasteiger charge is -2.19. The lowest BCUT2D eigenvalue weighted by atomic mass is 9.97. The molecule has 1 amide bonds. The van der Waals surface area contributed by atoms with Gasteiger partial charge in [-0.3, -0.25) is 4.79 Å². The van der Waals surface area contributed by atoms with Gasteiger partial charge in [-0.1, -0.05) is 0 Å². The number of aliphatic carboxylic acids is 1. The SMILES string of the molecule is Cc1cc(OC(=O)c2c(C)c(C)c(O)c(C)c2O)cc(O)c1C(=O)NC(C(=O)O)C(C)O. The van der Waals surface area contributed by atoms with Crippen molar-refractivity contribution in [1.29, 1.82) is 0 Å². The van der Waals surface area contributed by atoms with Crippen molar-refractivity contribution in [2.24, 2.45) is 0 Å². The summed E-state index contributed by atoms with van der Waals surface area (Å²) < 4.78 is 5.26. The maximum Gasteiger partial charge on any atom is 0.347 e. The predicted octanol–water partition coefficient (Wildman–Crippen LogP) is 1.82. The zero-order valence-corrected chi connectivity index (χ0v) is 18.2. The van der Waals surface area contributed by atoms with Crippen molar-refractivity contribution in [3.05, 3.63) is 45.5 Å². The molecule has 0 heterocycles. The van der Waals surface area contributed by atoms with Crippen LogP contribution >= 0.6 is 0 Å². The summed E-state index contributed by atoms with van der Waals surface area (Å²) in [7, 11) is 0. The highest BCUT2D eigenvalue weighted by Crippen LogP contribution is 2.37. The number of ether oxygens (including phenoxy) is 1. The van der Waals surface area contributed by atoms with E-state index in [4.69, 9.17) is 9.84 Å². The van der Waals surface area contributed by atoms with E-state index in [2.05, 4.69) is 5.32 Å². The zero-order valence-electron chi connectivity index (χ0n) is 18.2. The topological polar surface area (TPSA) is 174 Å². The summed E-state index contributed by atoms with van der Waals surface area (Å²) in [5.41, 5.74) is 0.566. The Morgan fingerprint density at radius 3 is 2.00 bits per heavy atom. The predicted molar refractivity (Wildman–Crippen MR) is 112 cm³/mol. The van der Waals surface area contributed by atoms with Gasteiger partial charge in [-0.2, -0.15) is 0 Å². The first-order valence-electron chi connectivity index (χ1n) is 9.57. The number of amides is 1. The fraction of sp³-hybridized carbons (Fsp3) is 0.318. The summed E-state index contributed by atoms with van der Waals surface area (Å²) in [4.78, 5) is 36.3. The van der Waals surface area contributed by atoms with Crippen LogP contribution in [0.15, 0.2) is 12.1 Å². The van der Waals surface area contributed by atoms with E-state index in [-0.39, 0.29) is 33.8 Å². The molecule has 10 heteroatoms. The van der Waals surface area contributed by atoms with Crippen molar-refractivity contribution in [3.8, 4) is 23.0 Å². The number of carboxylic acid groups (broad SMARTS) is 1. The van der Waals surface area contributed by atoms with Gasteiger partial charge in [0.25, 0.3) is 5.91 Å². The molecule has 10 nitrogen and oxygen atoms in total. The summed E-state index contributed by atoms with van der Waals surface area (Å²) >= 11 is 0. The second kappa shape index (κ2) is 9.15. The van der Waals surface area contributed by atoms with E-state index in [0.717, 1.165) is 6.07 Å². The van der Waals surface area contributed by atoms with E-state index in [9.17, 15) is 34.8 Å². The Kier molecular flexibility index (Phi) is 7.00. The first kappa shape index (κ1) is 24.5. The van der Waals surface area contributed by atoms with Gasteiger partial charge in [0.15, 0.2) is 6.04 Å². The van der Waals surface area contributed by atoms with Crippen LogP contribution in [0.2, 0.25) is 0 Å². The molecule has 6 N–H and O–H groups in total. The molecule has 2 rings (SSSR count). The molecule has 172 valence electrons. The Hall–Kier alpha value is -3.79. The number of nitrogens with one attached hydrogen (secondary N) is 1. The number of aryl methyl sites for hydroxylation is 1. The third-order valence-electron chi connectivity index (χ3n) is 5.20. The molecule has 0 bridgehead atoms. The van der Waals surface area contributed by atoms with Crippen LogP contribution in [0.3, 0.4) is 0 Å². The van der Waals surface area contributed by atoms with E-state index in [1.165, 1.54) is 33.8 Å². The minimum absolute atomic E-state index is 0.109. The molecule has 0 spiro atoms. The third kappa shape index (κ3) is 4.59. The van der Waals surface area contributed by atoms with Crippen LogP contribution in [-0.4, -0.2) is 55.5 Å². The fourth-order valence-electron chi connectivity index (χ4n) is 3.22. The molecular weight excluding hydrogens is 422 g/mol. The highest BCUT2D eigenvalue weighted by Gasteiger charge is 2.28. The summed E-state index contributed by atoms with van der Waals surface area (Å²) in [5.74, 6) is -4.63. The van der Waals surface area contributed by atoms with Gasteiger partial charge in [-0.25, -0.2) is 9.59 Å². The molecule has 0 aliphatic rings. The third-order valence-corrected chi connectivity index (χ3v) is 5.20. The van der Waals surface area contributed by atoms with E-state index < -0.39 is 41.5 Å². The molecule has 0 aliphatic heterocycles. The van der Waals surface area contributed by atoms with Crippen molar-refractivity contribution in [2.45, 2.75) is 46.8 Å². The molecule has 0 aliphatic carbocycles. The average Bonchev–Trinajstić information content (AvgIpc) is 2.68. The normalized spacial score (nSPS) is 12.7. The van der Waals surface area contributed by atoms with Crippen LogP contribution in [0.4, 0.5) is 0 Å². The standard InChI is InChI=1S/C22H25NO9/c1-8-6-13(7-14(25)15(8)20(28)23-17(12(5)24)21(29)30)32-22(31)16-9(2)10(3)18(26)11(4)19(16)27/h6-7,12,17,24-27H,1-5H3,(H,23,28)(H,29,30). The Balaban J connectivity index is 2.37. The number of hydrogen-bond acceptors (Lipinski definition) is 8. The van der Waals surface area contributed by atoms with Crippen molar-refractivity contribution >= 4 is 17.8 Å². The lowest BCUT2D eigenvalue weighted by molar-refractivity contribution is -0.141. The zero-order chi connectivity index (χ0) is 24.5. The number of aliphatic hydroxyl groups is 1. The number of carbonyl (C=O) groups excluding carboxylic acids is 2. The van der Waals surface area contributed by atoms with Gasteiger partial charge in [0.1, 0.15) is 28.6 Å². The van der Waals surface area contributed by atoms with Crippen LogP contribution in [-0.2, 0) is 4.79 Å². The molecule has 32 heavy (non-hydrogen) atoms. The smallest absolute Gasteiger partial charge is 0.347 e.